The summed E-state index contributed by atoms with van der Waals surface area (Å²) >= 11 is 0. The summed E-state index contributed by atoms with van der Waals surface area (Å²) in [7, 11) is 0. The van der Waals surface area contributed by atoms with Crippen molar-refractivity contribution < 1.29 is 19.1 Å². The maximum atomic E-state index is 13.5. The number of carbonyl (C=O) groups excluding carboxylic acids is 1. The Balaban J connectivity index is 1.94. The predicted octanol–water partition coefficient (Wildman–Crippen LogP) is 3.04. The van der Waals surface area contributed by atoms with Gasteiger partial charge >= 0.3 is 5.97 Å². The van der Waals surface area contributed by atoms with Crippen molar-refractivity contribution in [3.05, 3.63) is 29.6 Å². The van der Waals surface area contributed by atoms with Crippen molar-refractivity contribution in [3.63, 3.8) is 0 Å². The standard InChI is InChI=1S/C14H16FNO3/c15-11-6-5-10(14(18)19)8-12(11)16-13(17)7-4-9-2-1-3-9/h5-6,8-9H,1-4,7H2,(H,16,17)(H,18,19). The molecule has 0 atom stereocenters. The lowest BCUT2D eigenvalue weighted by Gasteiger charge is -2.24. The molecule has 102 valence electrons. The molecule has 1 saturated carbocycles. The summed E-state index contributed by atoms with van der Waals surface area (Å²) in [5.41, 5.74) is -0.116. The molecule has 0 radical (unpaired) electrons. The van der Waals surface area contributed by atoms with E-state index in [-0.39, 0.29) is 17.2 Å². The number of nitrogens with one attached hydrogen (secondary N) is 1. The Bertz CT molecular complexity index is 497. The Morgan fingerprint density at radius 1 is 1.37 bits per heavy atom. The topological polar surface area (TPSA) is 66.4 Å². The number of halogens is 1. The average molecular weight is 265 g/mol. The fraction of sp³-hybridized carbons (Fsp3) is 0.429. The smallest absolute Gasteiger partial charge is 0.335 e. The minimum Gasteiger partial charge on any atom is -0.478 e. The van der Waals surface area contributed by atoms with E-state index >= 15 is 0 Å². The Labute approximate surface area is 110 Å². The molecule has 1 aliphatic rings. The molecular weight excluding hydrogens is 249 g/mol. The zero-order chi connectivity index (χ0) is 13.8. The number of anilines is 1. The molecule has 0 heterocycles. The summed E-state index contributed by atoms with van der Waals surface area (Å²) in [4.78, 5) is 22.4. The summed E-state index contributed by atoms with van der Waals surface area (Å²) in [6.07, 6.45) is 4.71. The van der Waals surface area contributed by atoms with Gasteiger partial charge in [-0.15, -0.1) is 0 Å². The van der Waals surface area contributed by atoms with Crippen LogP contribution in [0.2, 0.25) is 0 Å². The Morgan fingerprint density at radius 2 is 2.11 bits per heavy atom. The van der Waals surface area contributed by atoms with Crippen LogP contribution < -0.4 is 5.32 Å². The van der Waals surface area contributed by atoms with E-state index in [0.717, 1.165) is 31.4 Å². The van der Waals surface area contributed by atoms with E-state index in [4.69, 9.17) is 5.11 Å². The van der Waals surface area contributed by atoms with E-state index in [1.165, 1.54) is 12.5 Å². The molecule has 5 heteroatoms. The number of hydrogen-bond donors (Lipinski definition) is 2. The second-order valence-electron chi connectivity index (χ2n) is 4.88. The summed E-state index contributed by atoms with van der Waals surface area (Å²) in [6, 6.07) is 3.35. The number of benzene rings is 1. The molecule has 0 aromatic heterocycles. The lowest BCUT2D eigenvalue weighted by Crippen LogP contribution is -2.17. The fourth-order valence-electron chi connectivity index (χ4n) is 2.08. The van der Waals surface area contributed by atoms with Crippen molar-refractivity contribution in [1.82, 2.24) is 0 Å². The first-order valence-electron chi connectivity index (χ1n) is 6.39. The minimum atomic E-state index is -1.15. The van der Waals surface area contributed by atoms with E-state index in [9.17, 15) is 14.0 Å². The summed E-state index contributed by atoms with van der Waals surface area (Å²) in [5.74, 6) is -1.43. The molecule has 19 heavy (non-hydrogen) atoms. The summed E-state index contributed by atoms with van der Waals surface area (Å²) in [5, 5.41) is 11.2. The lowest BCUT2D eigenvalue weighted by atomic mass is 9.82. The van der Waals surface area contributed by atoms with E-state index in [1.54, 1.807) is 0 Å². The number of carboxylic acids is 1. The Kier molecular flexibility index (Phi) is 4.14. The normalized spacial score (nSPS) is 14.8. The first-order chi connectivity index (χ1) is 9.06. The van der Waals surface area contributed by atoms with Crippen LogP contribution in [0.25, 0.3) is 0 Å². The second kappa shape index (κ2) is 5.82. The summed E-state index contributed by atoms with van der Waals surface area (Å²) in [6.45, 7) is 0. The largest absolute Gasteiger partial charge is 0.478 e. The molecule has 0 aliphatic heterocycles. The van der Waals surface area contributed by atoms with E-state index in [2.05, 4.69) is 5.32 Å². The van der Waals surface area contributed by atoms with Crippen LogP contribution in [0.1, 0.15) is 42.5 Å². The van der Waals surface area contributed by atoms with Gasteiger partial charge in [0.05, 0.1) is 11.3 Å². The molecule has 2 rings (SSSR count). The predicted molar refractivity (Wildman–Crippen MR) is 68.6 cm³/mol. The molecule has 0 bridgehead atoms. The van der Waals surface area contributed by atoms with E-state index < -0.39 is 11.8 Å². The zero-order valence-corrected chi connectivity index (χ0v) is 10.5. The average Bonchev–Trinajstić information content (AvgIpc) is 2.29. The van der Waals surface area contributed by atoms with Crippen LogP contribution in [-0.2, 0) is 4.79 Å². The summed E-state index contributed by atoms with van der Waals surface area (Å²) < 4.78 is 13.5. The highest BCUT2D eigenvalue weighted by molar-refractivity contribution is 5.94. The molecule has 1 aliphatic carbocycles. The molecule has 0 unspecified atom stereocenters. The van der Waals surface area contributed by atoms with Crippen LogP contribution >= 0.6 is 0 Å². The Hall–Kier alpha value is -1.91. The van der Waals surface area contributed by atoms with Gasteiger partial charge in [0.1, 0.15) is 5.82 Å². The van der Waals surface area contributed by atoms with E-state index in [1.807, 2.05) is 0 Å². The van der Waals surface area contributed by atoms with Crippen molar-refractivity contribution in [2.45, 2.75) is 32.1 Å². The van der Waals surface area contributed by atoms with Crippen LogP contribution in [0.15, 0.2) is 18.2 Å². The molecule has 0 spiro atoms. The fourth-order valence-corrected chi connectivity index (χ4v) is 2.08. The van der Waals surface area contributed by atoms with Gasteiger partial charge in [-0.05, 0) is 30.5 Å². The number of rotatable bonds is 5. The monoisotopic (exact) mass is 265 g/mol. The van der Waals surface area contributed by atoms with Crippen molar-refractivity contribution in [2.24, 2.45) is 5.92 Å². The van der Waals surface area contributed by atoms with Crippen molar-refractivity contribution >= 4 is 17.6 Å². The molecule has 2 N–H and O–H groups in total. The van der Waals surface area contributed by atoms with Gasteiger partial charge in [-0.2, -0.15) is 0 Å². The van der Waals surface area contributed by atoms with Crippen LogP contribution in [0, 0.1) is 11.7 Å². The molecule has 4 nitrogen and oxygen atoms in total. The van der Waals surface area contributed by atoms with Gasteiger partial charge in [0.2, 0.25) is 5.91 Å². The van der Waals surface area contributed by atoms with Gasteiger partial charge in [0.25, 0.3) is 0 Å². The van der Waals surface area contributed by atoms with Gasteiger partial charge in [0, 0.05) is 6.42 Å². The maximum Gasteiger partial charge on any atom is 0.335 e. The number of hydrogen-bond acceptors (Lipinski definition) is 2. The quantitative estimate of drug-likeness (QED) is 0.859. The number of carboxylic acid groups (broad SMARTS) is 1. The second-order valence-corrected chi connectivity index (χ2v) is 4.88. The maximum absolute atomic E-state index is 13.5. The van der Waals surface area contributed by atoms with Gasteiger partial charge in [-0.25, -0.2) is 9.18 Å². The molecule has 0 saturated heterocycles. The first-order valence-corrected chi connectivity index (χ1v) is 6.39. The Morgan fingerprint density at radius 3 is 2.68 bits per heavy atom. The molecule has 1 aromatic rings. The highest BCUT2D eigenvalue weighted by Crippen LogP contribution is 2.30. The molecule has 1 aromatic carbocycles. The highest BCUT2D eigenvalue weighted by atomic mass is 19.1. The zero-order valence-electron chi connectivity index (χ0n) is 10.5. The van der Waals surface area contributed by atoms with Crippen molar-refractivity contribution in [1.29, 1.82) is 0 Å². The molecule has 1 fully saturated rings. The van der Waals surface area contributed by atoms with Crippen LogP contribution in [0.5, 0.6) is 0 Å². The van der Waals surface area contributed by atoms with Crippen molar-refractivity contribution in [3.8, 4) is 0 Å². The lowest BCUT2D eigenvalue weighted by molar-refractivity contribution is -0.116. The first kappa shape index (κ1) is 13.5. The van der Waals surface area contributed by atoms with Gasteiger partial charge in [-0.3, -0.25) is 4.79 Å². The third-order valence-corrected chi connectivity index (χ3v) is 3.49. The minimum absolute atomic E-state index is 0.0457. The number of carbonyl (C=O) groups is 2. The number of aromatic carboxylic acids is 1. The van der Waals surface area contributed by atoms with Gasteiger partial charge in [-0.1, -0.05) is 19.3 Å². The molecule has 1 amide bonds. The van der Waals surface area contributed by atoms with Crippen LogP contribution in [-0.4, -0.2) is 17.0 Å². The highest BCUT2D eigenvalue weighted by Gasteiger charge is 2.18. The van der Waals surface area contributed by atoms with Crippen LogP contribution in [0.4, 0.5) is 10.1 Å². The van der Waals surface area contributed by atoms with Gasteiger partial charge < -0.3 is 10.4 Å². The van der Waals surface area contributed by atoms with Crippen LogP contribution in [0.3, 0.4) is 0 Å². The SMILES string of the molecule is O=C(CCC1CCC1)Nc1cc(C(=O)O)ccc1F. The molecular formula is C14H16FNO3. The van der Waals surface area contributed by atoms with Gasteiger partial charge in [0.15, 0.2) is 0 Å². The van der Waals surface area contributed by atoms with E-state index in [0.29, 0.717) is 12.3 Å². The third kappa shape index (κ3) is 3.53. The number of amides is 1. The van der Waals surface area contributed by atoms with Crippen molar-refractivity contribution in [2.75, 3.05) is 5.32 Å². The third-order valence-electron chi connectivity index (χ3n) is 3.49.